The molecule has 1 aromatic carbocycles. The van der Waals surface area contributed by atoms with Gasteiger partial charge < -0.3 is 5.73 Å². The lowest BCUT2D eigenvalue weighted by atomic mass is 9.76. The molecule has 0 bridgehead atoms. The van der Waals surface area contributed by atoms with Gasteiger partial charge in [-0.15, -0.1) is 11.3 Å². The predicted molar refractivity (Wildman–Crippen MR) is 74.3 cm³/mol. The molecule has 0 atom stereocenters. The van der Waals surface area contributed by atoms with Gasteiger partial charge in [-0.25, -0.2) is 4.98 Å². The zero-order chi connectivity index (χ0) is 12.3. The maximum absolute atomic E-state index is 5.76. The fraction of sp³-hybridized carbons (Fsp3) is 0.357. The highest BCUT2D eigenvalue weighted by Gasteiger charge is 2.33. The molecular weight excluding hydrogens is 228 g/mol. The van der Waals surface area contributed by atoms with Gasteiger partial charge in [0.2, 0.25) is 0 Å². The Morgan fingerprint density at radius 3 is 2.29 bits per heavy atom. The van der Waals surface area contributed by atoms with Gasteiger partial charge in [-0.3, -0.25) is 0 Å². The average Bonchev–Trinajstić information content (AvgIpc) is 2.80. The Labute approximate surface area is 107 Å². The molecule has 3 heteroatoms. The molecule has 0 aliphatic carbocycles. The smallest absolute Gasteiger partial charge is 0.134 e. The Kier molecular flexibility index (Phi) is 3.48. The minimum atomic E-state index is 0.0174. The van der Waals surface area contributed by atoms with Gasteiger partial charge in [0.05, 0.1) is 0 Å². The first-order valence-corrected chi connectivity index (χ1v) is 6.88. The van der Waals surface area contributed by atoms with Crippen molar-refractivity contribution in [3.8, 4) is 0 Å². The van der Waals surface area contributed by atoms with E-state index in [1.165, 1.54) is 5.56 Å². The first kappa shape index (κ1) is 12.1. The summed E-state index contributed by atoms with van der Waals surface area (Å²) in [5.41, 5.74) is 7.11. The Bertz CT molecular complexity index is 472. The van der Waals surface area contributed by atoms with Gasteiger partial charge in [0.1, 0.15) is 10.8 Å². The van der Waals surface area contributed by atoms with E-state index in [-0.39, 0.29) is 5.41 Å². The van der Waals surface area contributed by atoms with E-state index in [2.05, 4.69) is 49.2 Å². The third-order valence-electron chi connectivity index (χ3n) is 3.46. The van der Waals surface area contributed by atoms with Crippen molar-refractivity contribution in [3.05, 3.63) is 46.3 Å². The number of anilines is 1. The first-order valence-electron chi connectivity index (χ1n) is 6.00. The largest absolute Gasteiger partial charge is 0.383 e. The summed E-state index contributed by atoms with van der Waals surface area (Å²) in [7, 11) is 0. The van der Waals surface area contributed by atoms with Gasteiger partial charge >= 0.3 is 0 Å². The molecule has 2 nitrogen and oxygen atoms in total. The van der Waals surface area contributed by atoms with Crippen LogP contribution in [-0.2, 0) is 5.41 Å². The van der Waals surface area contributed by atoms with Crippen LogP contribution in [0.1, 0.15) is 37.3 Å². The van der Waals surface area contributed by atoms with Crippen molar-refractivity contribution in [2.75, 3.05) is 5.73 Å². The average molecular weight is 246 g/mol. The molecule has 0 aliphatic heterocycles. The number of hydrogen-bond acceptors (Lipinski definition) is 3. The highest BCUT2D eigenvalue weighted by Crippen LogP contribution is 2.40. The predicted octanol–water partition coefficient (Wildman–Crippen LogP) is 3.83. The number of nitrogens with zero attached hydrogens (tertiary/aromatic N) is 1. The minimum absolute atomic E-state index is 0.0174. The lowest BCUT2D eigenvalue weighted by Gasteiger charge is -2.30. The van der Waals surface area contributed by atoms with Crippen molar-refractivity contribution in [1.82, 2.24) is 4.98 Å². The molecule has 90 valence electrons. The number of nitrogens with two attached hydrogens (primary N) is 1. The standard InChI is InChI=1S/C14H18N2S/c1-3-14(4-2,11-8-6-5-7-9-11)13-16-12(15)10-17-13/h5-10H,3-4,15H2,1-2H3. The molecule has 0 unspecified atom stereocenters. The Morgan fingerprint density at radius 1 is 1.18 bits per heavy atom. The summed E-state index contributed by atoms with van der Waals surface area (Å²) in [5.74, 6) is 0.632. The SMILES string of the molecule is CCC(CC)(c1ccccc1)c1nc(N)cs1. The van der Waals surface area contributed by atoms with Gasteiger partial charge in [-0.1, -0.05) is 44.2 Å². The second kappa shape index (κ2) is 4.88. The van der Waals surface area contributed by atoms with Crippen molar-refractivity contribution in [1.29, 1.82) is 0 Å². The van der Waals surface area contributed by atoms with Crippen LogP contribution in [-0.4, -0.2) is 4.98 Å². The molecule has 17 heavy (non-hydrogen) atoms. The van der Waals surface area contributed by atoms with Crippen molar-refractivity contribution < 1.29 is 0 Å². The van der Waals surface area contributed by atoms with Gasteiger partial charge in [-0.2, -0.15) is 0 Å². The number of hydrogen-bond donors (Lipinski definition) is 1. The quantitative estimate of drug-likeness (QED) is 0.890. The van der Waals surface area contributed by atoms with Gasteiger partial charge in [0.15, 0.2) is 0 Å². The molecule has 0 saturated carbocycles. The van der Waals surface area contributed by atoms with Crippen LogP contribution in [0.15, 0.2) is 35.7 Å². The number of nitrogen functional groups attached to an aromatic ring is 1. The summed E-state index contributed by atoms with van der Waals surface area (Å²) in [4.78, 5) is 4.50. The van der Waals surface area contributed by atoms with Crippen LogP contribution in [0.2, 0.25) is 0 Å². The molecule has 0 saturated heterocycles. The molecule has 1 aromatic heterocycles. The molecule has 2 rings (SSSR count). The van der Waals surface area contributed by atoms with Crippen LogP contribution in [0.25, 0.3) is 0 Å². The number of thiazole rings is 1. The van der Waals surface area contributed by atoms with E-state index in [9.17, 15) is 0 Å². The molecule has 2 N–H and O–H groups in total. The fourth-order valence-corrected chi connectivity index (χ4v) is 3.42. The molecular formula is C14H18N2S. The monoisotopic (exact) mass is 246 g/mol. The van der Waals surface area contributed by atoms with Crippen molar-refractivity contribution in [2.45, 2.75) is 32.1 Å². The van der Waals surface area contributed by atoms with E-state index in [0.717, 1.165) is 17.8 Å². The molecule has 2 aromatic rings. The summed E-state index contributed by atoms with van der Waals surface area (Å²) in [6.07, 6.45) is 2.08. The minimum Gasteiger partial charge on any atom is -0.383 e. The van der Waals surface area contributed by atoms with Crippen molar-refractivity contribution in [2.24, 2.45) is 0 Å². The van der Waals surface area contributed by atoms with Crippen LogP contribution >= 0.6 is 11.3 Å². The molecule has 0 spiro atoms. The van der Waals surface area contributed by atoms with Crippen LogP contribution in [0.4, 0.5) is 5.82 Å². The summed E-state index contributed by atoms with van der Waals surface area (Å²) >= 11 is 1.66. The third kappa shape index (κ3) is 2.07. The van der Waals surface area contributed by atoms with E-state index in [1.807, 2.05) is 5.38 Å². The van der Waals surface area contributed by atoms with Crippen molar-refractivity contribution in [3.63, 3.8) is 0 Å². The molecule has 0 radical (unpaired) electrons. The van der Waals surface area contributed by atoms with E-state index in [1.54, 1.807) is 11.3 Å². The zero-order valence-electron chi connectivity index (χ0n) is 10.3. The summed E-state index contributed by atoms with van der Waals surface area (Å²) < 4.78 is 0. The zero-order valence-corrected chi connectivity index (χ0v) is 11.1. The fourth-order valence-electron chi connectivity index (χ4n) is 2.35. The van der Waals surface area contributed by atoms with Crippen LogP contribution in [0.3, 0.4) is 0 Å². The normalized spacial score (nSPS) is 11.6. The summed E-state index contributed by atoms with van der Waals surface area (Å²) in [6, 6.07) is 10.6. The van der Waals surface area contributed by atoms with Crippen LogP contribution in [0.5, 0.6) is 0 Å². The molecule has 0 fully saturated rings. The molecule has 1 heterocycles. The molecule has 0 amide bonds. The lowest BCUT2D eigenvalue weighted by molar-refractivity contribution is 0.476. The summed E-state index contributed by atoms with van der Waals surface area (Å²) in [6.45, 7) is 4.43. The summed E-state index contributed by atoms with van der Waals surface area (Å²) in [5, 5.41) is 3.06. The number of benzene rings is 1. The van der Waals surface area contributed by atoms with Gasteiger partial charge in [-0.05, 0) is 18.4 Å². The van der Waals surface area contributed by atoms with E-state index in [0.29, 0.717) is 5.82 Å². The maximum Gasteiger partial charge on any atom is 0.134 e. The Balaban J connectivity index is 2.53. The second-order valence-electron chi connectivity index (χ2n) is 4.23. The van der Waals surface area contributed by atoms with E-state index in [4.69, 9.17) is 5.73 Å². The topological polar surface area (TPSA) is 38.9 Å². The van der Waals surface area contributed by atoms with Crippen LogP contribution in [0, 0.1) is 0 Å². The van der Waals surface area contributed by atoms with Gasteiger partial charge in [0.25, 0.3) is 0 Å². The Morgan fingerprint density at radius 2 is 1.82 bits per heavy atom. The Hall–Kier alpha value is -1.35. The van der Waals surface area contributed by atoms with E-state index >= 15 is 0 Å². The number of rotatable bonds is 4. The second-order valence-corrected chi connectivity index (χ2v) is 5.09. The highest BCUT2D eigenvalue weighted by atomic mass is 32.1. The van der Waals surface area contributed by atoms with Gasteiger partial charge in [0, 0.05) is 10.8 Å². The van der Waals surface area contributed by atoms with E-state index < -0.39 is 0 Å². The third-order valence-corrected chi connectivity index (χ3v) is 4.53. The van der Waals surface area contributed by atoms with Crippen molar-refractivity contribution >= 4 is 17.2 Å². The molecule has 0 aliphatic rings. The van der Waals surface area contributed by atoms with Crippen LogP contribution < -0.4 is 5.73 Å². The highest BCUT2D eigenvalue weighted by molar-refractivity contribution is 7.10. The lowest BCUT2D eigenvalue weighted by Crippen LogP contribution is -2.25. The first-order chi connectivity index (χ1) is 8.23. The maximum atomic E-state index is 5.76. The number of aromatic nitrogens is 1.